The number of benzene rings is 2. The van der Waals surface area contributed by atoms with Crippen molar-refractivity contribution in [2.24, 2.45) is 0 Å². The number of thiophene rings is 1. The molecule has 0 bridgehead atoms. The Balaban J connectivity index is 1.61. The Hall–Kier alpha value is -2.64. The quantitative estimate of drug-likeness (QED) is 0.340. The standard InChI is InChI=1S/C20H16N2O3S2/c23-20(21-10-9-14-7-8-15(22(24)25)12-18(14)21)17-5-1-2-6-19(17)27-13-16-4-3-11-26-16/h1-8,11-12H,9-10,13H2. The van der Waals surface area contributed by atoms with Crippen LogP contribution in [0.1, 0.15) is 20.8 Å². The summed E-state index contributed by atoms with van der Waals surface area (Å²) in [5.74, 6) is 0.702. The summed E-state index contributed by atoms with van der Waals surface area (Å²) in [5.41, 5.74) is 2.26. The summed E-state index contributed by atoms with van der Waals surface area (Å²) in [6, 6.07) is 16.4. The summed E-state index contributed by atoms with van der Waals surface area (Å²) in [5, 5.41) is 13.1. The summed E-state index contributed by atoms with van der Waals surface area (Å²) in [4.78, 5) is 27.7. The maximum absolute atomic E-state index is 13.2. The molecule has 0 spiro atoms. The molecule has 27 heavy (non-hydrogen) atoms. The van der Waals surface area contributed by atoms with Crippen molar-refractivity contribution in [3.8, 4) is 0 Å². The van der Waals surface area contributed by atoms with Crippen molar-refractivity contribution in [1.29, 1.82) is 0 Å². The second-order valence-corrected chi connectivity index (χ2v) is 8.19. The number of carbonyl (C=O) groups excluding carboxylic acids is 1. The van der Waals surface area contributed by atoms with E-state index >= 15 is 0 Å². The van der Waals surface area contributed by atoms with Crippen LogP contribution < -0.4 is 4.90 Å². The molecule has 3 aromatic rings. The third kappa shape index (κ3) is 3.61. The number of rotatable bonds is 5. The van der Waals surface area contributed by atoms with Gasteiger partial charge in [-0.1, -0.05) is 24.3 Å². The lowest BCUT2D eigenvalue weighted by molar-refractivity contribution is -0.384. The van der Waals surface area contributed by atoms with Gasteiger partial charge in [-0.25, -0.2) is 0 Å². The number of nitrogens with zero attached hydrogens (tertiary/aromatic N) is 2. The van der Waals surface area contributed by atoms with E-state index in [4.69, 9.17) is 0 Å². The van der Waals surface area contributed by atoms with Crippen LogP contribution in [0.4, 0.5) is 11.4 Å². The van der Waals surface area contributed by atoms with Gasteiger partial charge in [0, 0.05) is 34.2 Å². The highest BCUT2D eigenvalue weighted by molar-refractivity contribution is 7.98. The Morgan fingerprint density at radius 2 is 2.04 bits per heavy atom. The molecule has 5 nitrogen and oxygen atoms in total. The van der Waals surface area contributed by atoms with Gasteiger partial charge >= 0.3 is 0 Å². The Morgan fingerprint density at radius 3 is 2.81 bits per heavy atom. The lowest BCUT2D eigenvalue weighted by atomic mass is 10.1. The molecule has 0 atom stereocenters. The molecule has 0 fully saturated rings. The maximum Gasteiger partial charge on any atom is 0.271 e. The van der Waals surface area contributed by atoms with Crippen LogP contribution in [0.2, 0.25) is 0 Å². The highest BCUT2D eigenvalue weighted by Crippen LogP contribution is 2.35. The third-order valence-electron chi connectivity index (χ3n) is 4.49. The molecule has 4 rings (SSSR count). The van der Waals surface area contributed by atoms with E-state index in [9.17, 15) is 14.9 Å². The summed E-state index contributed by atoms with van der Waals surface area (Å²) in [6.07, 6.45) is 0.712. The van der Waals surface area contributed by atoms with Crippen molar-refractivity contribution < 1.29 is 9.72 Å². The van der Waals surface area contributed by atoms with Gasteiger partial charge in [-0.15, -0.1) is 23.1 Å². The Bertz CT molecular complexity index is 1000. The fraction of sp³-hybridized carbons (Fsp3) is 0.150. The predicted molar refractivity (Wildman–Crippen MR) is 109 cm³/mol. The van der Waals surface area contributed by atoms with Crippen LogP contribution in [0.5, 0.6) is 0 Å². The molecule has 0 unspecified atom stereocenters. The van der Waals surface area contributed by atoms with Crippen molar-refractivity contribution in [3.63, 3.8) is 0 Å². The monoisotopic (exact) mass is 396 g/mol. The maximum atomic E-state index is 13.2. The predicted octanol–water partition coefficient (Wildman–Crippen LogP) is 5.15. The average Bonchev–Trinajstić information content (AvgIpc) is 3.35. The van der Waals surface area contributed by atoms with Gasteiger partial charge in [-0.3, -0.25) is 14.9 Å². The third-order valence-corrected chi connectivity index (χ3v) is 6.67. The average molecular weight is 396 g/mol. The first kappa shape index (κ1) is 17.8. The van der Waals surface area contributed by atoms with Gasteiger partial charge in [0.15, 0.2) is 0 Å². The van der Waals surface area contributed by atoms with Crippen molar-refractivity contribution >= 4 is 40.4 Å². The zero-order valence-electron chi connectivity index (χ0n) is 14.3. The first-order chi connectivity index (χ1) is 13.1. The number of nitro benzene ring substituents is 1. The number of non-ortho nitro benzene ring substituents is 1. The molecule has 1 aliphatic heterocycles. The Labute approximate surface area is 164 Å². The number of thioether (sulfide) groups is 1. The second kappa shape index (κ2) is 7.54. The molecule has 7 heteroatoms. The number of hydrogen-bond acceptors (Lipinski definition) is 5. The van der Waals surface area contributed by atoms with Crippen molar-refractivity contribution in [3.05, 3.63) is 86.1 Å². The smallest absolute Gasteiger partial charge is 0.271 e. The first-order valence-corrected chi connectivity index (χ1v) is 10.3. The number of hydrogen-bond donors (Lipinski definition) is 0. The fourth-order valence-corrected chi connectivity index (χ4v) is 4.97. The lowest BCUT2D eigenvalue weighted by Gasteiger charge is -2.19. The van der Waals surface area contributed by atoms with Crippen molar-refractivity contribution in [2.45, 2.75) is 17.1 Å². The summed E-state index contributed by atoms with van der Waals surface area (Å²) in [6.45, 7) is 0.541. The van der Waals surface area contributed by atoms with Gasteiger partial charge in [-0.2, -0.15) is 0 Å². The van der Waals surface area contributed by atoms with Crippen LogP contribution in [0.25, 0.3) is 0 Å². The molecule has 1 amide bonds. The topological polar surface area (TPSA) is 63.5 Å². The largest absolute Gasteiger partial charge is 0.307 e. The first-order valence-electron chi connectivity index (χ1n) is 8.47. The van der Waals surface area contributed by atoms with E-state index < -0.39 is 4.92 Å². The minimum Gasteiger partial charge on any atom is -0.307 e. The summed E-state index contributed by atoms with van der Waals surface area (Å²) >= 11 is 3.33. The van der Waals surface area contributed by atoms with Crippen LogP contribution >= 0.6 is 23.1 Å². The number of fused-ring (bicyclic) bond motifs is 1. The molecule has 1 aromatic heterocycles. The minimum absolute atomic E-state index is 0.00815. The number of amides is 1. The van der Waals surface area contributed by atoms with Crippen LogP contribution in [0.3, 0.4) is 0 Å². The van der Waals surface area contributed by atoms with Gasteiger partial charge in [0.1, 0.15) is 0 Å². The van der Waals surface area contributed by atoms with Gasteiger partial charge in [-0.05, 0) is 35.6 Å². The highest BCUT2D eigenvalue weighted by Gasteiger charge is 2.28. The van der Waals surface area contributed by atoms with Gasteiger partial charge in [0.05, 0.1) is 16.2 Å². The summed E-state index contributed by atoms with van der Waals surface area (Å²) < 4.78 is 0. The normalized spacial score (nSPS) is 12.8. The second-order valence-electron chi connectivity index (χ2n) is 6.14. The van der Waals surface area contributed by atoms with Crippen LogP contribution in [-0.2, 0) is 12.2 Å². The van der Waals surface area contributed by atoms with Gasteiger partial charge in [0.25, 0.3) is 11.6 Å². The Kier molecular flexibility index (Phi) is 4.96. The molecule has 0 aliphatic carbocycles. The van der Waals surface area contributed by atoms with Crippen LogP contribution in [0, 0.1) is 10.1 Å². The van der Waals surface area contributed by atoms with Crippen molar-refractivity contribution in [2.75, 3.05) is 11.4 Å². The molecule has 2 heterocycles. The minimum atomic E-state index is -0.425. The SMILES string of the molecule is O=C(c1ccccc1SCc1cccs1)N1CCc2ccc([N+](=O)[O-])cc21. The van der Waals surface area contributed by atoms with E-state index in [-0.39, 0.29) is 11.6 Å². The molecule has 2 aromatic carbocycles. The summed E-state index contributed by atoms with van der Waals surface area (Å²) in [7, 11) is 0. The Morgan fingerprint density at radius 1 is 1.19 bits per heavy atom. The van der Waals surface area contributed by atoms with Crippen molar-refractivity contribution in [1.82, 2.24) is 0 Å². The lowest BCUT2D eigenvalue weighted by Crippen LogP contribution is -2.29. The van der Waals surface area contributed by atoms with E-state index in [2.05, 4.69) is 6.07 Å². The molecular formula is C20H16N2O3S2. The molecule has 136 valence electrons. The van der Waals surface area contributed by atoms with E-state index in [1.807, 2.05) is 35.7 Å². The number of nitro groups is 1. The highest BCUT2D eigenvalue weighted by atomic mass is 32.2. The van der Waals surface area contributed by atoms with Crippen LogP contribution in [-0.4, -0.2) is 17.4 Å². The molecule has 0 N–H and O–H groups in total. The van der Waals surface area contributed by atoms with Gasteiger partial charge < -0.3 is 4.90 Å². The molecular weight excluding hydrogens is 380 g/mol. The fourth-order valence-electron chi connectivity index (χ4n) is 3.15. The van der Waals surface area contributed by atoms with Gasteiger partial charge in [0.2, 0.25) is 0 Å². The number of anilines is 1. The molecule has 0 saturated heterocycles. The van der Waals surface area contributed by atoms with Crippen LogP contribution in [0.15, 0.2) is 64.9 Å². The number of carbonyl (C=O) groups is 1. The van der Waals surface area contributed by atoms with E-state index in [1.54, 1.807) is 34.1 Å². The zero-order valence-corrected chi connectivity index (χ0v) is 16.0. The van der Waals surface area contributed by atoms with E-state index in [0.29, 0.717) is 24.2 Å². The molecule has 0 radical (unpaired) electrons. The van der Waals surface area contributed by atoms with E-state index in [0.717, 1.165) is 16.2 Å². The molecule has 1 aliphatic rings. The van der Waals surface area contributed by atoms with E-state index in [1.165, 1.54) is 17.0 Å². The molecule has 0 saturated carbocycles. The zero-order chi connectivity index (χ0) is 18.8.